The fraction of sp³-hybridized carbons (Fsp3) is 0.292. The van der Waals surface area contributed by atoms with Crippen molar-refractivity contribution in [2.75, 3.05) is 29.1 Å². The molecule has 1 aromatic carbocycles. The number of carbonyl (C=O) groups excluding carboxylic acids is 2. The van der Waals surface area contributed by atoms with Crippen molar-refractivity contribution in [3.63, 3.8) is 0 Å². The molecule has 0 bridgehead atoms. The maximum atomic E-state index is 13.2. The zero-order valence-corrected chi connectivity index (χ0v) is 19.8. The highest BCUT2D eigenvalue weighted by atomic mass is 32.1. The van der Waals surface area contributed by atoms with Gasteiger partial charge in [0.1, 0.15) is 9.71 Å². The van der Waals surface area contributed by atoms with Crippen molar-refractivity contribution in [1.29, 1.82) is 0 Å². The minimum Gasteiger partial charge on any atom is -0.397 e. The number of nitrogen functional groups attached to an aromatic ring is 1. The molecule has 1 amide bonds. The Kier molecular flexibility index (Phi) is 5.74. The van der Waals surface area contributed by atoms with Gasteiger partial charge in [-0.1, -0.05) is 30.3 Å². The Morgan fingerprint density at radius 2 is 1.91 bits per heavy atom. The van der Waals surface area contributed by atoms with E-state index in [9.17, 15) is 9.59 Å². The number of nitrogens with zero attached hydrogens (tertiary/aromatic N) is 4. The molecule has 1 saturated heterocycles. The van der Waals surface area contributed by atoms with Crippen LogP contribution in [0.15, 0.2) is 41.1 Å². The minimum absolute atomic E-state index is 0.105. The molecule has 0 radical (unpaired) electrons. The number of anilines is 2. The molecule has 5 rings (SSSR count). The van der Waals surface area contributed by atoms with Crippen LogP contribution in [0.2, 0.25) is 0 Å². The molecule has 4 heterocycles. The molecule has 1 aliphatic rings. The van der Waals surface area contributed by atoms with Crippen molar-refractivity contribution in [2.24, 2.45) is 0 Å². The lowest BCUT2D eigenvalue weighted by atomic mass is 9.93. The van der Waals surface area contributed by atoms with E-state index in [4.69, 9.17) is 10.3 Å². The number of nitrogens with one attached hydrogen (secondary N) is 1. The molecule has 0 saturated carbocycles. The van der Waals surface area contributed by atoms with Crippen LogP contribution in [0.3, 0.4) is 0 Å². The summed E-state index contributed by atoms with van der Waals surface area (Å²) in [6.45, 7) is 5.09. The molecule has 9 nitrogen and oxygen atoms in total. The third kappa shape index (κ3) is 3.90. The van der Waals surface area contributed by atoms with Gasteiger partial charge in [-0.3, -0.25) is 19.4 Å². The molecule has 4 aromatic rings. The Labute approximate surface area is 200 Å². The molecule has 1 aliphatic heterocycles. The summed E-state index contributed by atoms with van der Waals surface area (Å²) >= 11 is 1.19. The van der Waals surface area contributed by atoms with E-state index in [2.05, 4.69) is 20.6 Å². The largest absolute Gasteiger partial charge is 0.397 e. The average molecular weight is 478 g/mol. The Bertz CT molecular complexity index is 1390. The summed E-state index contributed by atoms with van der Waals surface area (Å²) in [5, 5.41) is 9.45. The highest BCUT2D eigenvalue weighted by Gasteiger charge is 2.27. The number of fused-ring (bicyclic) bond motifs is 1. The molecule has 34 heavy (non-hydrogen) atoms. The van der Waals surface area contributed by atoms with Gasteiger partial charge in [0.15, 0.2) is 5.78 Å². The van der Waals surface area contributed by atoms with Gasteiger partial charge < -0.3 is 5.73 Å². The Balaban J connectivity index is 1.54. The molecule has 174 valence electrons. The van der Waals surface area contributed by atoms with E-state index in [0.717, 1.165) is 31.5 Å². The summed E-state index contributed by atoms with van der Waals surface area (Å²) in [4.78, 5) is 32.8. The van der Waals surface area contributed by atoms with E-state index in [-0.39, 0.29) is 17.4 Å². The molecule has 1 fully saturated rings. The third-order valence-corrected chi connectivity index (χ3v) is 7.09. The van der Waals surface area contributed by atoms with Crippen LogP contribution in [0.4, 0.5) is 11.6 Å². The molecule has 0 atom stereocenters. The summed E-state index contributed by atoms with van der Waals surface area (Å²) in [6.07, 6.45) is 5.04. The standard InChI is InChI=1S/C24H24N6O3S/c1-14-18(15(2)31)19(16-9-5-3-6-10-16)20-21(25)22(34-24(20)26-14)23(32)27-17-13-30(28-33-17)29-11-7-4-8-12-29/h3,5-6,9-10,13H,4,7-8,11-12H2,1-2H3,(H2-,25,27,28,32)/p+1. The predicted octanol–water partition coefficient (Wildman–Crippen LogP) is 3.71. The van der Waals surface area contributed by atoms with Crippen LogP contribution in [0, 0.1) is 6.92 Å². The SMILES string of the molecule is CC(=O)c1c(C)nc2sc(C(=O)Nc3c[n+](N4CCCCC4)no3)c(N)c2c1-c1ccccc1. The molecule has 0 unspecified atom stereocenters. The Morgan fingerprint density at radius 3 is 2.62 bits per heavy atom. The minimum atomic E-state index is -0.413. The van der Waals surface area contributed by atoms with Gasteiger partial charge >= 0.3 is 5.88 Å². The number of aryl methyl sites for hydroxylation is 1. The average Bonchev–Trinajstić information content (AvgIpc) is 3.43. The normalized spacial score (nSPS) is 13.9. The van der Waals surface area contributed by atoms with Gasteiger partial charge in [-0.2, -0.15) is 5.01 Å². The maximum Gasteiger partial charge on any atom is 0.306 e. The van der Waals surface area contributed by atoms with E-state index < -0.39 is 5.91 Å². The smallest absolute Gasteiger partial charge is 0.306 e. The molecular weight excluding hydrogens is 452 g/mol. The van der Waals surface area contributed by atoms with Gasteiger partial charge in [0, 0.05) is 16.5 Å². The van der Waals surface area contributed by atoms with E-state index in [1.54, 1.807) is 17.9 Å². The first-order chi connectivity index (χ1) is 16.4. The zero-order valence-electron chi connectivity index (χ0n) is 19.0. The fourth-order valence-corrected chi connectivity index (χ4v) is 5.48. The van der Waals surface area contributed by atoms with Crippen molar-refractivity contribution in [3.8, 4) is 11.1 Å². The molecular formula is C24H25N6O3S+. The zero-order chi connectivity index (χ0) is 23.8. The van der Waals surface area contributed by atoms with Crippen LogP contribution in [-0.4, -0.2) is 35.0 Å². The lowest BCUT2D eigenvalue weighted by molar-refractivity contribution is -0.759. The number of amides is 1. The molecule has 0 aliphatic carbocycles. The summed E-state index contributed by atoms with van der Waals surface area (Å²) in [5.74, 6) is -0.293. The van der Waals surface area contributed by atoms with Crippen molar-refractivity contribution >= 4 is 44.8 Å². The van der Waals surface area contributed by atoms with E-state index in [1.807, 2.05) is 30.3 Å². The lowest BCUT2D eigenvalue weighted by Crippen LogP contribution is -2.60. The number of ketones is 1. The van der Waals surface area contributed by atoms with Gasteiger partial charge in [-0.25, -0.2) is 4.98 Å². The Morgan fingerprint density at radius 1 is 1.18 bits per heavy atom. The molecule has 10 heteroatoms. The summed E-state index contributed by atoms with van der Waals surface area (Å²) < 4.78 is 5.33. The van der Waals surface area contributed by atoms with Gasteiger partial charge in [0.05, 0.1) is 29.3 Å². The second kappa shape index (κ2) is 8.86. The molecule has 3 N–H and O–H groups in total. The van der Waals surface area contributed by atoms with Gasteiger partial charge in [-0.05, 0) is 38.7 Å². The monoisotopic (exact) mass is 477 g/mol. The summed E-state index contributed by atoms with van der Waals surface area (Å²) in [7, 11) is 0. The van der Waals surface area contributed by atoms with E-state index in [0.29, 0.717) is 31.9 Å². The second-order valence-electron chi connectivity index (χ2n) is 8.35. The quantitative estimate of drug-likeness (QED) is 0.332. The number of pyridine rings is 1. The number of thiophene rings is 1. The number of benzene rings is 1. The predicted molar refractivity (Wildman–Crippen MR) is 131 cm³/mol. The van der Waals surface area contributed by atoms with Crippen LogP contribution >= 0.6 is 11.3 Å². The van der Waals surface area contributed by atoms with Crippen LogP contribution in [0.25, 0.3) is 21.3 Å². The third-order valence-electron chi connectivity index (χ3n) is 5.99. The van der Waals surface area contributed by atoms with E-state index in [1.165, 1.54) is 24.7 Å². The first-order valence-corrected chi connectivity index (χ1v) is 12.0. The van der Waals surface area contributed by atoms with Crippen LogP contribution in [-0.2, 0) is 0 Å². The second-order valence-corrected chi connectivity index (χ2v) is 9.35. The van der Waals surface area contributed by atoms with E-state index >= 15 is 0 Å². The fourth-order valence-electron chi connectivity index (χ4n) is 4.44. The van der Waals surface area contributed by atoms with Gasteiger partial charge in [0.2, 0.25) is 5.27 Å². The summed E-state index contributed by atoms with van der Waals surface area (Å²) in [5.41, 5.74) is 9.45. The van der Waals surface area contributed by atoms with Crippen molar-refractivity contribution in [2.45, 2.75) is 33.1 Å². The topological polar surface area (TPSA) is 118 Å². The molecule has 3 aromatic heterocycles. The van der Waals surface area contributed by atoms with Crippen LogP contribution in [0.5, 0.6) is 0 Å². The number of carbonyl (C=O) groups is 2. The van der Waals surface area contributed by atoms with Crippen LogP contribution < -0.4 is 20.9 Å². The number of Topliss-reactive ketones (excluding diaryl/α,β-unsaturated/α-hetero) is 1. The number of hydrogen-bond acceptors (Lipinski definition) is 8. The number of hydrogen-bond donors (Lipinski definition) is 2. The first-order valence-electron chi connectivity index (χ1n) is 11.2. The van der Waals surface area contributed by atoms with Gasteiger partial charge in [0.25, 0.3) is 12.1 Å². The van der Waals surface area contributed by atoms with Crippen LogP contribution in [0.1, 0.15) is 51.9 Å². The first kappa shape index (κ1) is 22.0. The summed E-state index contributed by atoms with van der Waals surface area (Å²) in [6, 6.07) is 9.55. The maximum absolute atomic E-state index is 13.2. The number of nitrogens with two attached hydrogens (primary N) is 1. The van der Waals surface area contributed by atoms with Crippen molar-refractivity contribution in [1.82, 2.24) is 10.3 Å². The van der Waals surface area contributed by atoms with Gasteiger partial charge in [-0.15, -0.1) is 11.3 Å². The Hall–Kier alpha value is -3.79. The van der Waals surface area contributed by atoms with Crippen molar-refractivity contribution in [3.05, 3.63) is 52.7 Å². The lowest BCUT2D eigenvalue weighted by Gasteiger charge is -2.17. The highest BCUT2D eigenvalue weighted by Crippen LogP contribution is 2.42. The number of aromatic nitrogens is 3. The number of rotatable bonds is 5. The highest BCUT2D eigenvalue weighted by molar-refractivity contribution is 7.21. The molecule has 0 spiro atoms. The number of piperidine rings is 1. The van der Waals surface area contributed by atoms with Crippen molar-refractivity contribution < 1.29 is 18.9 Å².